The Hall–Kier alpha value is -2.69. The number of anilines is 1. The van der Waals surface area contributed by atoms with Gasteiger partial charge in [0.05, 0.1) is 18.4 Å². The molecule has 4 rings (SSSR count). The van der Waals surface area contributed by atoms with Crippen molar-refractivity contribution in [2.75, 3.05) is 32.6 Å². The van der Waals surface area contributed by atoms with Crippen molar-refractivity contribution in [3.8, 4) is 6.07 Å². The monoisotopic (exact) mass is 449 g/mol. The van der Waals surface area contributed by atoms with Crippen LogP contribution in [-0.2, 0) is 10.3 Å². The number of aromatic nitrogens is 2. The molecule has 7 nitrogen and oxygen atoms in total. The molecule has 1 heterocycles. The first kappa shape index (κ1) is 23.5. The molecular weight excluding hydrogens is 414 g/mol. The van der Waals surface area contributed by atoms with Crippen molar-refractivity contribution < 1.29 is 9.53 Å². The summed E-state index contributed by atoms with van der Waals surface area (Å²) in [7, 11) is 4.13. The van der Waals surface area contributed by atoms with Gasteiger partial charge in [-0.2, -0.15) is 5.26 Å². The molecule has 1 amide bonds. The van der Waals surface area contributed by atoms with Gasteiger partial charge in [0.25, 0.3) is 5.91 Å². The van der Waals surface area contributed by atoms with Crippen LogP contribution in [0.2, 0.25) is 0 Å². The second-order valence-electron chi connectivity index (χ2n) is 9.97. The number of H-pyrrole nitrogens is 1. The third-order valence-corrected chi connectivity index (χ3v) is 7.27. The molecule has 1 aromatic heterocycles. The van der Waals surface area contributed by atoms with Crippen molar-refractivity contribution in [3.63, 3.8) is 0 Å². The smallest absolute Gasteiger partial charge is 0.291 e. The molecule has 2 aliphatic carbocycles. The summed E-state index contributed by atoms with van der Waals surface area (Å²) in [6.45, 7) is 3.93. The van der Waals surface area contributed by atoms with Crippen molar-refractivity contribution in [1.82, 2.24) is 14.9 Å². The van der Waals surface area contributed by atoms with Gasteiger partial charge in [-0.05, 0) is 75.2 Å². The number of carbonyl (C=O) groups is 1. The van der Waals surface area contributed by atoms with E-state index in [1.165, 1.54) is 36.6 Å². The van der Waals surface area contributed by atoms with Crippen molar-refractivity contribution >= 4 is 11.6 Å². The highest BCUT2D eigenvalue weighted by Crippen LogP contribution is 2.47. The zero-order valence-corrected chi connectivity index (χ0v) is 20.0. The lowest BCUT2D eigenvalue weighted by atomic mass is 9.72. The molecule has 0 radical (unpaired) electrons. The molecule has 176 valence electrons. The number of aromatic amines is 1. The van der Waals surface area contributed by atoms with Gasteiger partial charge in [0.1, 0.15) is 11.8 Å². The minimum atomic E-state index is -0.324. The van der Waals surface area contributed by atoms with E-state index in [9.17, 15) is 4.79 Å². The Kier molecular flexibility index (Phi) is 7.16. The number of ether oxygens (including phenoxy) is 1. The fourth-order valence-electron chi connectivity index (χ4n) is 4.98. The molecule has 0 saturated heterocycles. The average Bonchev–Trinajstić information content (AvgIpc) is 3.26. The zero-order chi connectivity index (χ0) is 23.4. The minimum Gasteiger partial charge on any atom is -0.369 e. The molecule has 0 aliphatic heterocycles. The predicted octanol–water partition coefficient (Wildman–Crippen LogP) is 4.78. The molecule has 0 unspecified atom stereocenters. The van der Waals surface area contributed by atoms with E-state index in [4.69, 9.17) is 10.00 Å². The summed E-state index contributed by atoms with van der Waals surface area (Å²) < 4.78 is 6.45. The van der Waals surface area contributed by atoms with E-state index in [1.54, 1.807) is 0 Å². The average molecular weight is 450 g/mol. The first-order valence-corrected chi connectivity index (χ1v) is 12.1. The quantitative estimate of drug-likeness (QED) is 0.605. The highest BCUT2D eigenvalue weighted by molar-refractivity contribution is 6.02. The Bertz CT molecular complexity index is 1010. The first-order valence-electron chi connectivity index (χ1n) is 12.1. The summed E-state index contributed by atoms with van der Waals surface area (Å²) in [4.78, 5) is 21.8. The van der Waals surface area contributed by atoms with Gasteiger partial charge in [0.2, 0.25) is 0 Å². The van der Waals surface area contributed by atoms with Crippen LogP contribution < -0.4 is 5.32 Å². The number of benzene rings is 1. The molecule has 0 bridgehead atoms. The van der Waals surface area contributed by atoms with E-state index in [2.05, 4.69) is 53.3 Å². The maximum Gasteiger partial charge on any atom is 0.291 e. The van der Waals surface area contributed by atoms with Crippen LogP contribution in [0.5, 0.6) is 0 Å². The first-order chi connectivity index (χ1) is 15.9. The highest BCUT2D eigenvalue weighted by atomic mass is 16.5. The van der Waals surface area contributed by atoms with Gasteiger partial charge < -0.3 is 19.9 Å². The summed E-state index contributed by atoms with van der Waals surface area (Å²) in [5.41, 5.74) is 3.32. The summed E-state index contributed by atoms with van der Waals surface area (Å²) in [6, 6.07) is 8.41. The number of hydrogen-bond acceptors (Lipinski definition) is 5. The second-order valence-corrected chi connectivity index (χ2v) is 9.97. The Labute approximate surface area is 196 Å². The molecule has 2 saturated carbocycles. The van der Waals surface area contributed by atoms with Gasteiger partial charge in [-0.25, -0.2) is 4.98 Å². The van der Waals surface area contributed by atoms with E-state index in [-0.39, 0.29) is 23.0 Å². The Morgan fingerprint density at radius 3 is 2.67 bits per heavy atom. The molecular formula is C26H35N5O2. The lowest BCUT2D eigenvalue weighted by Gasteiger charge is -2.43. The SMILES string of the molecule is CC1CCC(c2cc(C3(OCCN(C)C)CCC3)ccc2NC(=O)c2ncc(C#N)[nH]2)CC1. The van der Waals surface area contributed by atoms with Gasteiger partial charge in [-0.15, -0.1) is 0 Å². The largest absolute Gasteiger partial charge is 0.369 e. The molecule has 0 atom stereocenters. The number of likely N-dealkylation sites (N-methyl/N-ethyl adjacent to an activating group) is 1. The van der Waals surface area contributed by atoms with Crippen molar-refractivity contribution in [1.29, 1.82) is 5.26 Å². The topological polar surface area (TPSA) is 94.0 Å². The molecule has 1 aromatic carbocycles. The van der Waals surface area contributed by atoms with Crippen LogP contribution >= 0.6 is 0 Å². The van der Waals surface area contributed by atoms with Crippen molar-refractivity contribution in [2.24, 2.45) is 5.92 Å². The van der Waals surface area contributed by atoms with Crippen LogP contribution in [0.15, 0.2) is 24.4 Å². The van der Waals surface area contributed by atoms with E-state index in [1.807, 2.05) is 12.1 Å². The molecule has 2 fully saturated rings. The zero-order valence-electron chi connectivity index (χ0n) is 20.0. The van der Waals surface area contributed by atoms with E-state index in [0.717, 1.165) is 43.8 Å². The van der Waals surface area contributed by atoms with Crippen LogP contribution in [0.1, 0.15) is 85.2 Å². The van der Waals surface area contributed by atoms with Crippen LogP contribution in [0.4, 0.5) is 5.69 Å². The highest BCUT2D eigenvalue weighted by Gasteiger charge is 2.40. The molecule has 7 heteroatoms. The van der Waals surface area contributed by atoms with E-state index < -0.39 is 0 Å². The van der Waals surface area contributed by atoms with Gasteiger partial charge >= 0.3 is 0 Å². The van der Waals surface area contributed by atoms with Gasteiger partial charge in [0, 0.05) is 12.2 Å². The lowest BCUT2D eigenvalue weighted by molar-refractivity contribution is -0.109. The Balaban J connectivity index is 1.60. The minimum absolute atomic E-state index is 0.154. The van der Waals surface area contributed by atoms with Crippen LogP contribution in [-0.4, -0.2) is 48.0 Å². The number of hydrogen-bond donors (Lipinski definition) is 2. The van der Waals surface area contributed by atoms with Crippen LogP contribution in [0.25, 0.3) is 0 Å². The Morgan fingerprint density at radius 1 is 1.30 bits per heavy atom. The fraction of sp³-hybridized carbons (Fsp3) is 0.577. The summed E-state index contributed by atoms with van der Waals surface area (Å²) >= 11 is 0. The molecule has 2 aliphatic rings. The van der Waals surface area contributed by atoms with Crippen molar-refractivity contribution in [2.45, 2.75) is 63.4 Å². The maximum absolute atomic E-state index is 12.8. The van der Waals surface area contributed by atoms with Crippen molar-refractivity contribution in [3.05, 3.63) is 47.0 Å². The molecule has 2 aromatic rings. The number of rotatable bonds is 8. The number of imidazole rings is 1. The number of nitrogens with zero attached hydrogens (tertiary/aromatic N) is 3. The molecule has 33 heavy (non-hydrogen) atoms. The fourth-order valence-corrected chi connectivity index (χ4v) is 4.98. The molecule has 0 spiro atoms. The van der Waals surface area contributed by atoms with Crippen LogP contribution in [0.3, 0.4) is 0 Å². The normalized spacial score (nSPS) is 21.9. The van der Waals surface area contributed by atoms with Gasteiger partial charge in [-0.3, -0.25) is 4.79 Å². The number of amides is 1. The summed E-state index contributed by atoms with van der Waals surface area (Å²) in [6.07, 6.45) is 9.30. The van der Waals surface area contributed by atoms with E-state index >= 15 is 0 Å². The van der Waals surface area contributed by atoms with Gasteiger partial charge in [0.15, 0.2) is 5.82 Å². The maximum atomic E-state index is 12.8. The third-order valence-electron chi connectivity index (χ3n) is 7.27. The summed E-state index contributed by atoms with van der Waals surface area (Å²) in [5, 5.41) is 12.1. The van der Waals surface area contributed by atoms with E-state index in [0.29, 0.717) is 12.5 Å². The van der Waals surface area contributed by atoms with Gasteiger partial charge in [-0.1, -0.05) is 31.9 Å². The number of nitrogens with one attached hydrogen (secondary N) is 2. The molecule has 2 N–H and O–H groups in total. The second kappa shape index (κ2) is 10.1. The lowest BCUT2D eigenvalue weighted by Crippen LogP contribution is -2.39. The van der Waals surface area contributed by atoms with Crippen LogP contribution in [0, 0.1) is 17.2 Å². The standard InChI is InChI=1S/C26H35N5O2/c1-18-5-7-19(8-6-18)22-15-20(26(11-4-12-26)33-14-13-31(2)3)9-10-23(22)30-25(32)24-28-17-21(16-27)29-24/h9-10,15,17-19H,4-8,11-14H2,1-3H3,(H,28,29)(H,30,32). The summed E-state index contributed by atoms with van der Waals surface area (Å²) in [5.74, 6) is 1.00. The Morgan fingerprint density at radius 2 is 2.06 bits per heavy atom. The number of nitriles is 1. The third kappa shape index (κ3) is 5.29. The predicted molar refractivity (Wildman–Crippen MR) is 128 cm³/mol. The number of carbonyl (C=O) groups excluding carboxylic acids is 1.